The molecule has 0 aliphatic heterocycles. The molecule has 0 fully saturated rings. The van der Waals surface area contributed by atoms with Crippen LogP contribution in [0, 0.1) is 6.92 Å². The number of furan rings is 1. The van der Waals surface area contributed by atoms with Crippen LogP contribution in [0.4, 0.5) is 5.69 Å². The first-order valence-electron chi connectivity index (χ1n) is 7.57. The summed E-state index contributed by atoms with van der Waals surface area (Å²) in [5.74, 6) is -0.172. The van der Waals surface area contributed by atoms with E-state index in [9.17, 15) is 4.79 Å². The van der Waals surface area contributed by atoms with Gasteiger partial charge in [-0.05, 0) is 48.9 Å². The Hall–Kier alpha value is -2.56. The standard InChI is InChI=1S/C19H12Cl2N2O2/c1-10-14(21)3-2-4-15(10)22-18(24)17-8-12-7-11-5-6-13(20)9-16(11)23-19(12)25-17/h2-9H,1H3,(H,22,24). The fourth-order valence-electron chi connectivity index (χ4n) is 2.64. The van der Waals surface area contributed by atoms with Crippen molar-refractivity contribution in [3.63, 3.8) is 0 Å². The lowest BCUT2D eigenvalue weighted by atomic mass is 10.2. The Morgan fingerprint density at radius 3 is 2.76 bits per heavy atom. The molecular formula is C19H12Cl2N2O2. The predicted octanol–water partition coefficient (Wildman–Crippen LogP) is 5.85. The fourth-order valence-corrected chi connectivity index (χ4v) is 2.98. The van der Waals surface area contributed by atoms with Gasteiger partial charge in [0.1, 0.15) is 0 Å². The summed E-state index contributed by atoms with van der Waals surface area (Å²) in [6.45, 7) is 1.84. The summed E-state index contributed by atoms with van der Waals surface area (Å²) in [6, 6.07) is 14.4. The molecule has 1 amide bonds. The van der Waals surface area contributed by atoms with E-state index in [0.29, 0.717) is 27.0 Å². The van der Waals surface area contributed by atoms with Crippen LogP contribution in [0.3, 0.4) is 0 Å². The van der Waals surface area contributed by atoms with Gasteiger partial charge in [-0.2, -0.15) is 0 Å². The van der Waals surface area contributed by atoms with Gasteiger partial charge in [0.2, 0.25) is 5.71 Å². The lowest BCUT2D eigenvalue weighted by Crippen LogP contribution is -2.11. The van der Waals surface area contributed by atoms with E-state index in [1.807, 2.05) is 19.1 Å². The van der Waals surface area contributed by atoms with E-state index in [-0.39, 0.29) is 11.7 Å². The molecule has 4 aromatic rings. The van der Waals surface area contributed by atoms with Crippen LogP contribution in [-0.2, 0) is 0 Å². The third-order valence-electron chi connectivity index (χ3n) is 4.01. The number of halogens is 2. The summed E-state index contributed by atoms with van der Waals surface area (Å²) >= 11 is 12.1. The van der Waals surface area contributed by atoms with Crippen LogP contribution in [0.25, 0.3) is 22.0 Å². The highest BCUT2D eigenvalue weighted by Crippen LogP contribution is 2.27. The van der Waals surface area contributed by atoms with Gasteiger partial charge in [0.25, 0.3) is 5.91 Å². The van der Waals surface area contributed by atoms with Gasteiger partial charge in [-0.3, -0.25) is 4.79 Å². The predicted molar refractivity (Wildman–Crippen MR) is 101 cm³/mol. The van der Waals surface area contributed by atoms with Crippen LogP contribution < -0.4 is 5.32 Å². The number of carbonyl (C=O) groups excluding carboxylic acids is 1. The average Bonchev–Trinajstić information content (AvgIpc) is 3.00. The first-order valence-corrected chi connectivity index (χ1v) is 8.33. The minimum Gasteiger partial charge on any atom is -0.433 e. The summed E-state index contributed by atoms with van der Waals surface area (Å²) in [6.07, 6.45) is 0. The van der Waals surface area contributed by atoms with Crippen molar-refractivity contribution in [2.75, 3.05) is 5.32 Å². The number of hydrogen-bond acceptors (Lipinski definition) is 3. The van der Waals surface area contributed by atoms with Crippen LogP contribution in [-0.4, -0.2) is 10.9 Å². The molecular weight excluding hydrogens is 359 g/mol. The fraction of sp³-hybridized carbons (Fsp3) is 0.0526. The molecule has 0 saturated carbocycles. The third-order valence-corrected chi connectivity index (χ3v) is 4.65. The summed E-state index contributed by atoms with van der Waals surface area (Å²) in [5, 5.41) is 5.68. The highest BCUT2D eigenvalue weighted by atomic mass is 35.5. The van der Waals surface area contributed by atoms with E-state index < -0.39 is 0 Å². The zero-order valence-electron chi connectivity index (χ0n) is 13.1. The monoisotopic (exact) mass is 370 g/mol. The van der Waals surface area contributed by atoms with Crippen molar-refractivity contribution in [2.24, 2.45) is 0 Å². The van der Waals surface area contributed by atoms with Gasteiger partial charge in [0.15, 0.2) is 5.76 Å². The second-order valence-electron chi connectivity index (χ2n) is 5.70. The van der Waals surface area contributed by atoms with Crippen LogP contribution in [0.15, 0.2) is 52.9 Å². The maximum atomic E-state index is 12.5. The summed E-state index contributed by atoms with van der Waals surface area (Å²) in [5.41, 5.74) is 2.55. The van der Waals surface area contributed by atoms with Crippen molar-refractivity contribution < 1.29 is 9.21 Å². The van der Waals surface area contributed by atoms with Gasteiger partial charge in [-0.25, -0.2) is 4.98 Å². The van der Waals surface area contributed by atoms with E-state index in [4.69, 9.17) is 27.6 Å². The smallest absolute Gasteiger partial charge is 0.291 e. The van der Waals surface area contributed by atoms with E-state index in [1.54, 1.807) is 36.4 Å². The van der Waals surface area contributed by atoms with Crippen LogP contribution in [0.1, 0.15) is 16.1 Å². The van der Waals surface area contributed by atoms with Crippen molar-refractivity contribution >= 4 is 56.8 Å². The molecule has 124 valence electrons. The van der Waals surface area contributed by atoms with Crippen LogP contribution >= 0.6 is 23.2 Å². The number of anilines is 1. The molecule has 0 unspecified atom stereocenters. The molecule has 0 atom stereocenters. The maximum Gasteiger partial charge on any atom is 0.291 e. The number of benzene rings is 2. The second kappa shape index (κ2) is 6.06. The molecule has 25 heavy (non-hydrogen) atoms. The third kappa shape index (κ3) is 2.95. The Morgan fingerprint density at radius 1 is 1.08 bits per heavy atom. The Kier molecular flexibility index (Phi) is 3.86. The molecule has 0 bridgehead atoms. The zero-order valence-corrected chi connectivity index (χ0v) is 14.7. The van der Waals surface area contributed by atoms with Crippen molar-refractivity contribution in [1.29, 1.82) is 0 Å². The molecule has 0 aliphatic rings. The van der Waals surface area contributed by atoms with Gasteiger partial charge in [-0.15, -0.1) is 0 Å². The van der Waals surface area contributed by atoms with Crippen molar-refractivity contribution in [2.45, 2.75) is 6.92 Å². The van der Waals surface area contributed by atoms with E-state index in [2.05, 4.69) is 10.3 Å². The number of fused-ring (bicyclic) bond motifs is 2. The first kappa shape index (κ1) is 15.9. The maximum absolute atomic E-state index is 12.5. The number of hydrogen-bond donors (Lipinski definition) is 1. The van der Waals surface area contributed by atoms with Gasteiger partial charge in [0, 0.05) is 26.5 Å². The van der Waals surface area contributed by atoms with Crippen molar-refractivity contribution in [3.05, 3.63) is 69.9 Å². The molecule has 0 spiro atoms. The zero-order chi connectivity index (χ0) is 17.6. The highest BCUT2D eigenvalue weighted by molar-refractivity contribution is 6.32. The Bertz CT molecular complexity index is 1140. The van der Waals surface area contributed by atoms with Gasteiger partial charge in [0.05, 0.1) is 5.52 Å². The van der Waals surface area contributed by atoms with Crippen molar-refractivity contribution in [3.8, 4) is 0 Å². The van der Waals surface area contributed by atoms with Crippen molar-refractivity contribution in [1.82, 2.24) is 4.98 Å². The number of carbonyl (C=O) groups is 1. The second-order valence-corrected chi connectivity index (χ2v) is 6.54. The number of amides is 1. The Morgan fingerprint density at radius 2 is 1.92 bits per heavy atom. The highest BCUT2D eigenvalue weighted by Gasteiger charge is 2.15. The van der Waals surface area contributed by atoms with Crippen LogP contribution in [0.5, 0.6) is 0 Å². The Balaban J connectivity index is 1.72. The van der Waals surface area contributed by atoms with Crippen LogP contribution in [0.2, 0.25) is 10.0 Å². The van der Waals surface area contributed by atoms with Gasteiger partial charge < -0.3 is 9.73 Å². The van der Waals surface area contributed by atoms with Gasteiger partial charge >= 0.3 is 0 Å². The minimum absolute atomic E-state index is 0.184. The molecule has 2 aromatic carbocycles. The minimum atomic E-state index is -0.356. The number of nitrogens with zero attached hydrogens (tertiary/aromatic N) is 1. The number of aromatic nitrogens is 1. The molecule has 2 aromatic heterocycles. The molecule has 0 aliphatic carbocycles. The molecule has 4 nitrogen and oxygen atoms in total. The number of rotatable bonds is 2. The largest absolute Gasteiger partial charge is 0.433 e. The summed E-state index contributed by atoms with van der Waals surface area (Å²) in [4.78, 5) is 16.9. The average molecular weight is 371 g/mol. The Labute approximate surface area is 153 Å². The number of pyridine rings is 1. The number of nitrogens with one attached hydrogen (secondary N) is 1. The lowest BCUT2D eigenvalue weighted by Gasteiger charge is -2.07. The topological polar surface area (TPSA) is 55.1 Å². The quantitative estimate of drug-likeness (QED) is 0.481. The normalized spacial score (nSPS) is 11.2. The van der Waals surface area contributed by atoms with E-state index >= 15 is 0 Å². The van der Waals surface area contributed by atoms with Gasteiger partial charge in [-0.1, -0.05) is 35.3 Å². The van der Waals surface area contributed by atoms with E-state index in [1.165, 1.54) is 0 Å². The summed E-state index contributed by atoms with van der Waals surface area (Å²) < 4.78 is 5.62. The molecule has 2 heterocycles. The summed E-state index contributed by atoms with van der Waals surface area (Å²) in [7, 11) is 0. The molecule has 0 saturated heterocycles. The molecule has 0 radical (unpaired) electrons. The van der Waals surface area contributed by atoms with E-state index in [0.717, 1.165) is 16.3 Å². The molecule has 6 heteroatoms. The SMILES string of the molecule is Cc1c(Cl)cccc1NC(=O)c1cc2cc3ccc(Cl)cc3nc2o1. The lowest BCUT2D eigenvalue weighted by molar-refractivity contribution is 0.0998. The first-order chi connectivity index (χ1) is 12.0. The molecule has 4 rings (SSSR count). The molecule has 1 N–H and O–H groups in total.